The van der Waals surface area contributed by atoms with Gasteiger partial charge in [0.2, 0.25) is 0 Å². The minimum Gasteiger partial charge on any atom is -0.388 e. The molecule has 0 saturated carbocycles. The van der Waals surface area contributed by atoms with Gasteiger partial charge in [0.15, 0.2) is 0 Å². The fourth-order valence-corrected chi connectivity index (χ4v) is 5.35. The second kappa shape index (κ2) is 5.08. The molecular weight excluding hydrogens is 313 g/mol. The minimum atomic E-state index is -3.67. The van der Waals surface area contributed by atoms with E-state index in [0.717, 1.165) is 4.88 Å². The van der Waals surface area contributed by atoms with Crippen LogP contribution in [0, 0.1) is 12.7 Å². The summed E-state index contributed by atoms with van der Waals surface area (Å²) >= 11 is 1.20. The van der Waals surface area contributed by atoms with E-state index in [9.17, 15) is 17.9 Å². The third kappa shape index (κ3) is 2.45. The molecule has 0 fully saturated rings. The van der Waals surface area contributed by atoms with Crippen molar-refractivity contribution in [2.45, 2.75) is 23.7 Å². The summed E-state index contributed by atoms with van der Waals surface area (Å²) in [5.74, 6) is -0.487. The average molecular weight is 327 g/mol. The Morgan fingerprint density at radius 1 is 1.33 bits per heavy atom. The summed E-state index contributed by atoms with van der Waals surface area (Å²) in [6.45, 7) is 2.02. The number of thiophene rings is 1. The molecule has 1 atom stereocenters. The van der Waals surface area contributed by atoms with E-state index in [1.54, 1.807) is 12.1 Å². The van der Waals surface area contributed by atoms with Gasteiger partial charge in [0.25, 0.3) is 10.0 Å². The van der Waals surface area contributed by atoms with Gasteiger partial charge in [0, 0.05) is 17.0 Å². The average Bonchev–Trinajstić information content (AvgIpc) is 2.87. The van der Waals surface area contributed by atoms with Crippen molar-refractivity contribution in [3.05, 3.63) is 46.6 Å². The Kier molecular flexibility index (Phi) is 3.51. The molecule has 2 heterocycles. The van der Waals surface area contributed by atoms with Crippen LogP contribution in [0.4, 0.5) is 10.1 Å². The summed E-state index contributed by atoms with van der Waals surface area (Å²) in [6.07, 6.45) is -0.590. The molecule has 4 nitrogen and oxygen atoms in total. The second-order valence-corrected chi connectivity index (χ2v) is 8.33. The Labute approximate surface area is 126 Å². The van der Waals surface area contributed by atoms with Gasteiger partial charge in [-0.05, 0) is 43.7 Å². The van der Waals surface area contributed by atoms with E-state index >= 15 is 0 Å². The topological polar surface area (TPSA) is 57.6 Å². The Balaban J connectivity index is 2.11. The third-order valence-electron chi connectivity index (χ3n) is 3.48. The van der Waals surface area contributed by atoms with E-state index in [1.807, 2.05) is 6.92 Å². The lowest BCUT2D eigenvalue weighted by molar-refractivity contribution is 0.166. The van der Waals surface area contributed by atoms with Crippen LogP contribution < -0.4 is 4.31 Å². The van der Waals surface area contributed by atoms with Gasteiger partial charge < -0.3 is 5.11 Å². The second-order valence-electron chi connectivity index (χ2n) is 4.95. The number of aliphatic hydroxyl groups is 1. The Hall–Kier alpha value is -1.44. The number of anilines is 1. The molecule has 0 aliphatic carbocycles. The summed E-state index contributed by atoms with van der Waals surface area (Å²) in [7, 11) is -3.67. The zero-order chi connectivity index (χ0) is 15.2. The van der Waals surface area contributed by atoms with Gasteiger partial charge in [-0.25, -0.2) is 12.8 Å². The molecule has 0 bridgehead atoms. The van der Waals surface area contributed by atoms with E-state index in [4.69, 9.17) is 0 Å². The fraction of sp³-hybridized carbons (Fsp3) is 0.286. The van der Waals surface area contributed by atoms with Gasteiger partial charge in [0.1, 0.15) is 10.0 Å². The summed E-state index contributed by atoms with van der Waals surface area (Å²) in [5, 5.41) is 9.96. The molecule has 21 heavy (non-hydrogen) atoms. The number of sulfonamides is 1. The van der Waals surface area contributed by atoms with Crippen LogP contribution in [0.25, 0.3) is 0 Å². The highest BCUT2D eigenvalue weighted by Crippen LogP contribution is 2.38. The zero-order valence-electron chi connectivity index (χ0n) is 11.3. The number of fused-ring (bicyclic) bond motifs is 1. The normalized spacial score (nSPS) is 18.6. The smallest absolute Gasteiger partial charge is 0.273 e. The summed E-state index contributed by atoms with van der Waals surface area (Å²) in [4.78, 5) is 0.907. The molecule has 2 aromatic rings. The van der Waals surface area contributed by atoms with Crippen LogP contribution >= 0.6 is 11.3 Å². The van der Waals surface area contributed by atoms with Crippen molar-refractivity contribution in [1.29, 1.82) is 0 Å². The molecule has 1 aromatic carbocycles. The van der Waals surface area contributed by atoms with Crippen molar-refractivity contribution in [3.8, 4) is 0 Å². The lowest BCUT2D eigenvalue weighted by Gasteiger charge is -2.32. The maximum absolute atomic E-state index is 13.3. The van der Waals surface area contributed by atoms with Crippen LogP contribution in [-0.4, -0.2) is 20.1 Å². The molecule has 1 aliphatic heterocycles. The van der Waals surface area contributed by atoms with Gasteiger partial charge in [-0.2, -0.15) is 0 Å². The number of rotatable bonds is 2. The highest BCUT2D eigenvalue weighted by molar-refractivity contribution is 7.94. The highest BCUT2D eigenvalue weighted by atomic mass is 32.2. The van der Waals surface area contributed by atoms with Crippen molar-refractivity contribution >= 4 is 27.0 Å². The van der Waals surface area contributed by atoms with Crippen LogP contribution in [0.3, 0.4) is 0 Å². The molecule has 1 unspecified atom stereocenters. The van der Waals surface area contributed by atoms with Crippen molar-refractivity contribution in [3.63, 3.8) is 0 Å². The monoisotopic (exact) mass is 327 g/mol. The lowest BCUT2D eigenvalue weighted by atomic mass is 10.0. The Morgan fingerprint density at radius 2 is 2.10 bits per heavy atom. The van der Waals surface area contributed by atoms with E-state index in [-0.39, 0.29) is 17.2 Å². The van der Waals surface area contributed by atoms with E-state index in [0.29, 0.717) is 11.3 Å². The highest BCUT2D eigenvalue weighted by Gasteiger charge is 2.33. The molecule has 0 saturated heterocycles. The molecule has 1 aliphatic rings. The van der Waals surface area contributed by atoms with E-state index in [2.05, 4.69) is 0 Å². The van der Waals surface area contributed by atoms with Gasteiger partial charge in [-0.1, -0.05) is 0 Å². The molecule has 0 amide bonds. The largest absolute Gasteiger partial charge is 0.388 e. The lowest BCUT2D eigenvalue weighted by Crippen LogP contribution is -2.36. The van der Waals surface area contributed by atoms with Crippen molar-refractivity contribution in [2.24, 2.45) is 0 Å². The van der Waals surface area contributed by atoms with Gasteiger partial charge in [-0.15, -0.1) is 11.3 Å². The van der Waals surface area contributed by atoms with Crippen LogP contribution in [0.2, 0.25) is 0 Å². The SMILES string of the molecule is Cc1ccc(S(=O)(=O)N2CCC(O)c3cc(F)ccc32)s1. The molecule has 3 rings (SSSR count). The molecule has 7 heteroatoms. The Bertz CT molecular complexity index is 785. The molecular formula is C14H14FNO3S2. The van der Waals surface area contributed by atoms with Crippen LogP contribution in [0.5, 0.6) is 0 Å². The van der Waals surface area contributed by atoms with Crippen LogP contribution in [0.15, 0.2) is 34.5 Å². The molecule has 0 radical (unpaired) electrons. The third-order valence-corrected chi connectivity index (χ3v) is 6.76. The van der Waals surface area contributed by atoms with E-state index in [1.165, 1.54) is 33.8 Å². The fourth-order valence-electron chi connectivity index (χ4n) is 2.44. The number of aliphatic hydroxyl groups excluding tert-OH is 1. The molecule has 0 spiro atoms. The summed E-state index contributed by atoms with van der Waals surface area (Å²) in [5.41, 5.74) is 0.666. The van der Waals surface area contributed by atoms with Gasteiger partial charge in [0.05, 0.1) is 11.8 Å². The molecule has 112 valence electrons. The van der Waals surface area contributed by atoms with Crippen LogP contribution in [0.1, 0.15) is 23.0 Å². The van der Waals surface area contributed by atoms with Gasteiger partial charge >= 0.3 is 0 Å². The zero-order valence-corrected chi connectivity index (χ0v) is 12.9. The summed E-state index contributed by atoms with van der Waals surface area (Å²) in [6, 6.07) is 7.14. The quantitative estimate of drug-likeness (QED) is 0.923. The number of benzene rings is 1. The predicted molar refractivity (Wildman–Crippen MR) is 79.6 cm³/mol. The van der Waals surface area contributed by atoms with Gasteiger partial charge in [-0.3, -0.25) is 4.31 Å². The first-order chi connectivity index (χ1) is 9.89. The number of nitrogens with zero attached hydrogens (tertiary/aromatic N) is 1. The summed E-state index contributed by atoms with van der Waals surface area (Å²) < 4.78 is 40.3. The minimum absolute atomic E-state index is 0.180. The Morgan fingerprint density at radius 3 is 2.76 bits per heavy atom. The predicted octanol–water partition coefficient (Wildman–Crippen LogP) is 2.83. The first kappa shape index (κ1) is 14.5. The van der Waals surface area contributed by atoms with Crippen molar-refractivity contribution < 1.29 is 17.9 Å². The maximum Gasteiger partial charge on any atom is 0.273 e. The first-order valence-electron chi connectivity index (χ1n) is 6.46. The molecule has 1 N–H and O–H groups in total. The van der Waals surface area contributed by atoms with Crippen molar-refractivity contribution in [1.82, 2.24) is 0 Å². The maximum atomic E-state index is 13.3. The number of hydrogen-bond donors (Lipinski definition) is 1. The molecule has 1 aromatic heterocycles. The number of aryl methyl sites for hydroxylation is 1. The number of halogens is 1. The van der Waals surface area contributed by atoms with E-state index < -0.39 is 21.9 Å². The van der Waals surface area contributed by atoms with Crippen LogP contribution in [-0.2, 0) is 10.0 Å². The first-order valence-corrected chi connectivity index (χ1v) is 8.72. The van der Waals surface area contributed by atoms with Crippen molar-refractivity contribution in [2.75, 3.05) is 10.8 Å². The number of hydrogen-bond acceptors (Lipinski definition) is 4. The standard InChI is InChI=1S/C14H14FNO3S2/c1-9-2-5-14(20-9)21(18,19)16-7-6-13(17)11-8-10(15)3-4-12(11)16/h2-5,8,13,17H,6-7H2,1H3.